The van der Waals surface area contributed by atoms with E-state index in [1.807, 2.05) is 6.92 Å². The molecule has 1 saturated heterocycles. The van der Waals surface area contributed by atoms with Gasteiger partial charge in [-0.1, -0.05) is 11.8 Å². The van der Waals surface area contributed by atoms with E-state index in [1.165, 1.54) is 11.8 Å². The second kappa shape index (κ2) is 6.17. The Morgan fingerprint density at radius 3 is 3.17 bits per heavy atom. The number of nitrogens with zero attached hydrogens (tertiary/aromatic N) is 2. The Kier molecular flexibility index (Phi) is 4.56. The third-order valence-corrected chi connectivity index (χ3v) is 3.55. The normalized spacial score (nSPS) is 23.9. The zero-order chi connectivity index (χ0) is 13.0. The van der Waals surface area contributed by atoms with Crippen LogP contribution < -0.4 is 10.6 Å². The molecule has 2 rings (SSSR count). The molecule has 0 bridgehead atoms. The number of hydrogen-bond donors (Lipinski definition) is 4. The molecule has 2 atom stereocenters. The summed E-state index contributed by atoms with van der Waals surface area (Å²) in [4.78, 5) is 15.8. The number of thioether (sulfide) groups is 1. The van der Waals surface area contributed by atoms with Crippen LogP contribution in [0, 0.1) is 6.92 Å². The molecule has 0 spiro atoms. The second-order valence-corrected chi connectivity index (χ2v) is 5.17. The highest BCUT2D eigenvalue weighted by Crippen LogP contribution is 2.12. The highest BCUT2D eigenvalue weighted by atomic mass is 32.2. The van der Waals surface area contributed by atoms with Gasteiger partial charge in [-0.2, -0.15) is 0 Å². The maximum absolute atomic E-state index is 11.7. The molecule has 4 N–H and O–H groups in total. The highest BCUT2D eigenvalue weighted by Gasteiger charge is 2.24. The number of aromatic nitrogens is 3. The minimum Gasteiger partial charge on any atom is -0.390 e. The summed E-state index contributed by atoms with van der Waals surface area (Å²) in [6.07, 6.45) is 0.232. The Balaban J connectivity index is 1.74. The molecule has 1 amide bonds. The van der Waals surface area contributed by atoms with Gasteiger partial charge in [-0.15, -0.1) is 5.10 Å². The van der Waals surface area contributed by atoms with E-state index < -0.39 is 6.10 Å². The van der Waals surface area contributed by atoms with Crippen molar-refractivity contribution in [2.45, 2.75) is 30.6 Å². The van der Waals surface area contributed by atoms with Gasteiger partial charge in [0.15, 0.2) is 0 Å². The molecule has 1 aromatic heterocycles. The van der Waals surface area contributed by atoms with E-state index in [-0.39, 0.29) is 17.7 Å². The van der Waals surface area contributed by atoms with Gasteiger partial charge in [-0.25, -0.2) is 4.98 Å². The third-order valence-electron chi connectivity index (χ3n) is 2.71. The minimum absolute atomic E-state index is 0.103. The summed E-state index contributed by atoms with van der Waals surface area (Å²) in [6.45, 7) is 3.15. The van der Waals surface area contributed by atoms with Gasteiger partial charge in [0.2, 0.25) is 11.1 Å². The highest BCUT2D eigenvalue weighted by molar-refractivity contribution is 7.99. The van der Waals surface area contributed by atoms with Crippen molar-refractivity contribution in [3.63, 3.8) is 0 Å². The Morgan fingerprint density at radius 2 is 2.50 bits per heavy atom. The van der Waals surface area contributed by atoms with Crippen LogP contribution in [0.2, 0.25) is 0 Å². The lowest BCUT2D eigenvalue weighted by Gasteiger charge is -2.28. The summed E-state index contributed by atoms with van der Waals surface area (Å²) < 4.78 is 0. The Morgan fingerprint density at radius 1 is 1.67 bits per heavy atom. The predicted octanol–water partition coefficient (Wildman–Crippen LogP) is -0.956. The lowest BCUT2D eigenvalue weighted by Crippen LogP contribution is -2.53. The summed E-state index contributed by atoms with van der Waals surface area (Å²) in [5.41, 5.74) is 0. The Labute approximate surface area is 109 Å². The number of carbonyl (C=O) groups excluding carboxylic acids is 1. The van der Waals surface area contributed by atoms with Gasteiger partial charge in [0, 0.05) is 6.54 Å². The number of H-pyrrole nitrogens is 1. The topological polar surface area (TPSA) is 103 Å². The molecule has 1 aliphatic heterocycles. The maximum Gasteiger partial charge on any atom is 0.230 e. The second-order valence-electron chi connectivity index (χ2n) is 4.23. The molecular formula is C10H17N5O2S. The fraction of sp³-hybridized carbons (Fsp3) is 0.700. The fourth-order valence-corrected chi connectivity index (χ4v) is 2.43. The first-order valence-electron chi connectivity index (χ1n) is 5.85. The summed E-state index contributed by atoms with van der Waals surface area (Å²) >= 11 is 1.28. The zero-order valence-corrected chi connectivity index (χ0v) is 11.0. The van der Waals surface area contributed by atoms with Crippen molar-refractivity contribution in [3.8, 4) is 0 Å². The number of aliphatic hydroxyl groups is 1. The Bertz CT molecular complexity index is 411. The molecule has 1 aliphatic rings. The minimum atomic E-state index is -0.515. The van der Waals surface area contributed by atoms with Crippen molar-refractivity contribution in [1.82, 2.24) is 25.8 Å². The standard InChI is InChI=1S/C10H17N5O2S/c1-6-12-10(15-14-6)18-5-9(17)13-7-2-3-11-4-8(7)16/h7-8,11,16H,2-5H2,1H3,(H,13,17)(H,12,14,15)/t7-,8-/m1/s1. The number of aromatic amines is 1. The number of aryl methyl sites for hydroxylation is 1. The van der Waals surface area contributed by atoms with Gasteiger partial charge >= 0.3 is 0 Å². The fourth-order valence-electron chi connectivity index (χ4n) is 1.78. The van der Waals surface area contributed by atoms with Crippen LogP contribution in [0.1, 0.15) is 12.2 Å². The first kappa shape index (κ1) is 13.3. The first-order valence-corrected chi connectivity index (χ1v) is 6.83. The monoisotopic (exact) mass is 271 g/mol. The van der Waals surface area contributed by atoms with Crippen LogP contribution >= 0.6 is 11.8 Å². The quantitative estimate of drug-likeness (QED) is 0.526. The average Bonchev–Trinajstić information content (AvgIpc) is 2.76. The van der Waals surface area contributed by atoms with Gasteiger partial charge in [0.25, 0.3) is 0 Å². The van der Waals surface area contributed by atoms with E-state index in [1.54, 1.807) is 0 Å². The number of amides is 1. The van der Waals surface area contributed by atoms with E-state index in [9.17, 15) is 9.90 Å². The summed E-state index contributed by atoms with van der Waals surface area (Å²) in [5.74, 6) is 0.883. The maximum atomic E-state index is 11.7. The molecule has 1 fully saturated rings. The molecule has 100 valence electrons. The average molecular weight is 271 g/mol. The first-order chi connectivity index (χ1) is 8.65. The smallest absolute Gasteiger partial charge is 0.230 e. The van der Waals surface area contributed by atoms with Crippen LogP contribution in [-0.4, -0.2) is 57.2 Å². The molecule has 0 aromatic carbocycles. The van der Waals surface area contributed by atoms with Crippen LogP contribution in [0.3, 0.4) is 0 Å². The van der Waals surface area contributed by atoms with Gasteiger partial charge < -0.3 is 15.7 Å². The zero-order valence-electron chi connectivity index (χ0n) is 10.1. The molecule has 1 aromatic rings. The molecule has 0 radical (unpaired) electrons. The molecule has 18 heavy (non-hydrogen) atoms. The number of carbonyl (C=O) groups is 1. The van der Waals surface area contributed by atoms with Crippen LogP contribution in [0.4, 0.5) is 0 Å². The van der Waals surface area contributed by atoms with Crippen molar-refractivity contribution in [2.75, 3.05) is 18.8 Å². The number of aliphatic hydroxyl groups excluding tert-OH is 1. The van der Waals surface area contributed by atoms with E-state index in [0.717, 1.165) is 18.8 Å². The number of piperidine rings is 1. The van der Waals surface area contributed by atoms with Crippen molar-refractivity contribution >= 4 is 17.7 Å². The molecule has 0 aliphatic carbocycles. The van der Waals surface area contributed by atoms with E-state index >= 15 is 0 Å². The Hall–Kier alpha value is -1.12. The van der Waals surface area contributed by atoms with Crippen molar-refractivity contribution in [2.24, 2.45) is 0 Å². The molecule has 2 heterocycles. The van der Waals surface area contributed by atoms with Crippen LogP contribution in [0.5, 0.6) is 0 Å². The van der Waals surface area contributed by atoms with Gasteiger partial charge in [0.05, 0.1) is 17.9 Å². The number of nitrogens with one attached hydrogen (secondary N) is 3. The van der Waals surface area contributed by atoms with Crippen LogP contribution in [-0.2, 0) is 4.79 Å². The lowest BCUT2D eigenvalue weighted by atomic mass is 10.0. The largest absolute Gasteiger partial charge is 0.390 e. The predicted molar refractivity (Wildman–Crippen MR) is 67.3 cm³/mol. The van der Waals surface area contributed by atoms with Crippen LogP contribution in [0.25, 0.3) is 0 Å². The SMILES string of the molecule is Cc1nc(SCC(=O)N[C@@H]2CCNC[C@H]2O)n[nH]1. The van der Waals surface area contributed by atoms with Gasteiger partial charge in [0.1, 0.15) is 5.82 Å². The molecule has 7 nitrogen and oxygen atoms in total. The summed E-state index contributed by atoms with van der Waals surface area (Å²) in [7, 11) is 0. The number of β-amino-alcohol motifs (C(OH)–C–C–N with tert-alkyl or cyclic N) is 1. The van der Waals surface area contributed by atoms with Gasteiger partial charge in [-0.05, 0) is 19.9 Å². The molecule has 8 heteroatoms. The summed E-state index contributed by atoms with van der Waals surface area (Å²) in [5, 5.41) is 22.8. The van der Waals surface area contributed by atoms with E-state index in [4.69, 9.17) is 0 Å². The molecule has 0 unspecified atom stereocenters. The third kappa shape index (κ3) is 3.69. The van der Waals surface area contributed by atoms with Crippen molar-refractivity contribution in [1.29, 1.82) is 0 Å². The summed E-state index contributed by atoms with van der Waals surface area (Å²) in [6, 6.07) is -0.159. The molecular weight excluding hydrogens is 254 g/mol. The molecule has 0 saturated carbocycles. The van der Waals surface area contributed by atoms with E-state index in [0.29, 0.717) is 11.7 Å². The van der Waals surface area contributed by atoms with E-state index in [2.05, 4.69) is 25.8 Å². The van der Waals surface area contributed by atoms with Gasteiger partial charge in [-0.3, -0.25) is 9.89 Å². The van der Waals surface area contributed by atoms with Crippen molar-refractivity contribution in [3.05, 3.63) is 5.82 Å². The van der Waals surface area contributed by atoms with Crippen LogP contribution in [0.15, 0.2) is 5.16 Å². The van der Waals surface area contributed by atoms with Crippen molar-refractivity contribution < 1.29 is 9.90 Å². The number of hydrogen-bond acceptors (Lipinski definition) is 6. The lowest BCUT2D eigenvalue weighted by molar-refractivity contribution is -0.120. The number of rotatable bonds is 4.